The number of benzene rings is 2. The maximum absolute atomic E-state index is 6.91. The number of nitrogens with two attached hydrogens (primary N) is 1. The molecule has 0 bridgehead atoms. The number of aromatic amines is 1. The Hall–Kier alpha value is -3.45. The molecule has 4 rings (SSSR count). The van der Waals surface area contributed by atoms with Crippen LogP contribution in [0.2, 0.25) is 0 Å². The van der Waals surface area contributed by atoms with Gasteiger partial charge in [0, 0.05) is 17.2 Å². The summed E-state index contributed by atoms with van der Waals surface area (Å²) in [6.45, 7) is 0. The van der Waals surface area contributed by atoms with E-state index in [1.165, 1.54) is 0 Å². The van der Waals surface area contributed by atoms with Crippen LogP contribution in [-0.2, 0) is 5.66 Å². The lowest BCUT2D eigenvalue weighted by Crippen LogP contribution is -2.53. The highest BCUT2D eigenvalue weighted by Gasteiger charge is 2.35. The zero-order chi connectivity index (χ0) is 18.9. The summed E-state index contributed by atoms with van der Waals surface area (Å²) in [5, 5.41) is 13.5. The first-order valence-corrected chi connectivity index (χ1v) is 8.51. The summed E-state index contributed by atoms with van der Waals surface area (Å²) in [6, 6.07) is 15.5. The second-order valence-electron chi connectivity index (χ2n) is 6.24. The van der Waals surface area contributed by atoms with E-state index in [1.54, 1.807) is 20.4 Å². The Balaban J connectivity index is 1.80. The van der Waals surface area contributed by atoms with Crippen LogP contribution in [0.1, 0.15) is 16.7 Å². The van der Waals surface area contributed by atoms with Crippen LogP contribution >= 0.6 is 0 Å². The van der Waals surface area contributed by atoms with E-state index in [0.29, 0.717) is 11.5 Å². The second kappa shape index (κ2) is 6.69. The van der Waals surface area contributed by atoms with Crippen LogP contribution in [0.5, 0.6) is 11.5 Å². The van der Waals surface area contributed by atoms with Crippen molar-refractivity contribution in [3.63, 3.8) is 0 Å². The number of hydrogen-bond donors (Lipinski definition) is 4. The number of hydrogen-bond acceptors (Lipinski definition) is 6. The molecule has 0 saturated heterocycles. The molecule has 7 nitrogen and oxygen atoms in total. The van der Waals surface area contributed by atoms with Crippen LogP contribution in [0.4, 0.5) is 5.82 Å². The highest BCUT2D eigenvalue weighted by atomic mass is 16.5. The van der Waals surface area contributed by atoms with Crippen LogP contribution in [-0.4, -0.2) is 24.4 Å². The minimum atomic E-state index is -0.951. The lowest BCUT2D eigenvalue weighted by molar-refractivity contribution is 0.352. The van der Waals surface area contributed by atoms with Crippen LogP contribution in [0.3, 0.4) is 0 Å². The molecule has 3 aromatic rings. The normalized spacial score (nSPS) is 18.1. The van der Waals surface area contributed by atoms with E-state index in [9.17, 15) is 0 Å². The van der Waals surface area contributed by atoms with E-state index in [-0.39, 0.29) is 0 Å². The molecule has 1 aromatic heterocycles. The van der Waals surface area contributed by atoms with Crippen molar-refractivity contribution >= 4 is 11.9 Å². The Kier molecular flexibility index (Phi) is 4.21. The molecule has 5 N–H and O–H groups in total. The third-order valence-corrected chi connectivity index (χ3v) is 4.63. The minimum absolute atomic E-state index is 0.622. The van der Waals surface area contributed by atoms with Gasteiger partial charge in [0.15, 0.2) is 11.5 Å². The summed E-state index contributed by atoms with van der Waals surface area (Å²) in [5.41, 5.74) is 8.80. The molecule has 7 heteroatoms. The molecule has 1 atom stereocenters. The fraction of sp³-hybridized carbons (Fsp3) is 0.150. The Morgan fingerprint density at radius 2 is 1.85 bits per heavy atom. The van der Waals surface area contributed by atoms with E-state index in [2.05, 4.69) is 20.8 Å². The molecule has 0 radical (unpaired) electrons. The van der Waals surface area contributed by atoms with Gasteiger partial charge in [-0.05, 0) is 23.8 Å². The quantitative estimate of drug-likeness (QED) is 0.556. The summed E-state index contributed by atoms with van der Waals surface area (Å²) < 4.78 is 10.8. The number of aromatic nitrogens is 2. The standard InChI is InChI=1S/C20H21N5O2/c1-26-16-8-7-14(12-17(16)27-2)20(21)15-6-4-3-5-13(15)11-19(24-20)23-18-9-10-22-25-18/h3-12,24H,21H2,1-2H3,(H2,22,23,25). The Morgan fingerprint density at radius 3 is 2.59 bits per heavy atom. The van der Waals surface area contributed by atoms with Crippen molar-refractivity contribution in [2.24, 2.45) is 5.73 Å². The molecule has 138 valence electrons. The van der Waals surface area contributed by atoms with Gasteiger partial charge in [-0.2, -0.15) is 5.10 Å². The van der Waals surface area contributed by atoms with Crippen molar-refractivity contribution in [1.82, 2.24) is 15.5 Å². The fourth-order valence-corrected chi connectivity index (χ4v) is 3.30. The zero-order valence-electron chi connectivity index (χ0n) is 15.1. The van der Waals surface area contributed by atoms with Gasteiger partial charge in [-0.25, -0.2) is 0 Å². The Morgan fingerprint density at radius 1 is 1.04 bits per heavy atom. The number of rotatable bonds is 5. The smallest absolute Gasteiger partial charge is 0.161 e. The van der Waals surface area contributed by atoms with Crippen LogP contribution in [0.25, 0.3) is 6.08 Å². The predicted octanol–water partition coefficient (Wildman–Crippen LogP) is 2.60. The van der Waals surface area contributed by atoms with Gasteiger partial charge in [-0.3, -0.25) is 5.10 Å². The molecular weight excluding hydrogens is 342 g/mol. The Labute approximate surface area is 157 Å². The third-order valence-electron chi connectivity index (χ3n) is 4.63. The van der Waals surface area contributed by atoms with E-state index in [4.69, 9.17) is 15.2 Å². The average Bonchev–Trinajstić information content (AvgIpc) is 3.20. The largest absolute Gasteiger partial charge is 0.493 e. The van der Waals surface area contributed by atoms with Crippen molar-refractivity contribution in [3.8, 4) is 11.5 Å². The number of nitrogens with zero attached hydrogens (tertiary/aromatic N) is 1. The molecule has 0 amide bonds. The van der Waals surface area contributed by atoms with Crippen molar-refractivity contribution in [3.05, 3.63) is 77.2 Å². The number of anilines is 1. The topological polar surface area (TPSA) is 97.2 Å². The number of methoxy groups -OCH3 is 2. The minimum Gasteiger partial charge on any atom is -0.493 e. The molecule has 0 saturated carbocycles. The fourth-order valence-electron chi connectivity index (χ4n) is 3.30. The monoisotopic (exact) mass is 363 g/mol. The molecule has 2 heterocycles. The van der Waals surface area contributed by atoms with E-state index >= 15 is 0 Å². The van der Waals surface area contributed by atoms with Crippen molar-refractivity contribution < 1.29 is 9.47 Å². The highest BCUT2D eigenvalue weighted by molar-refractivity contribution is 5.67. The summed E-state index contributed by atoms with van der Waals surface area (Å²) in [7, 11) is 3.22. The zero-order valence-corrected chi connectivity index (χ0v) is 15.1. The maximum Gasteiger partial charge on any atom is 0.161 e. The Bertz CT molecular complexity index is 984. The van der Waals surface area contributed by atoms with Crippen molar-refractivity contribution in [1.29, 1.82) is 0 Å². The third kappa shape index (κ3) is 2.98. The highest BCUT2D eigenvalue weighted by Crippen LogP contribution is 2.37. The maximum atomic E-state index is 6.91. The average molecular weight is 363 g/mol. The number of H-pyrrole nitrogens is 1. The van der Waals surface area contributed by atoms with Gasteiger partial charge in [0.05, 0.1) is 20.4 Å². The van der Waals surface area contributed by atoms with Gasteiger partial charge in [0.2, 0.25) is 0 Å². The van der Waals surface area contributed by atoms with E-state index < -0.39 is 5.66 Å². The predicted molar refractivity (Wildman–Crippen MR) is 104 cm³/mol. The molecule has 27 heavy (non-hydrogen) atoms. The lowest BCUT2D eigenvalue weighted by Gasteiger charge is -2.38. The molecule has 1 aliphatic heterocycles. The van der Waals surface area contributed by atoms with Crippen LogP contribution < -0.4 is 25.8 Å². The van der Waals surface area contributed by atoms with Crippen LogP contribution in [0.15, 0.2) is 60.5 Å². The summed E-state index contributed by atoms with van der Waals surface area (Å²) >= 11 is 0. The first-order valence-electron chi connectivity index (χ1n) is 8.51. The first kappa shape index (κ1) is 17.0. The number of ether oxygens (including phenoxy) is 2. The van der Waals surface area contributed by atoms with Crippen molar-refractivity contribution in [2.45, 2.75) is 5.66 Å². The summed E-state index contributed by atoms with van der Waals surface area (Å²) in [6.07, 6.45) is 3.70. The molecule has 0 aliphatic carbocycles. The molecule has 1 unspecified atom stereocenters. The number of nitrogens with one attached hydrogen (secondary N) is 3. The van der Waals surface area contributed by atoms with Gasteiger partial charge < -0.3 is 25.8 Å². The van der Waals surface area contributed by atoms with Gasteiger partial charge in [-0.1, -0.05) is 30.3 Å². The van der Waals surface area contributed by atoms with E-state index in [0.717, 1.165) is 28.3 Å². The van der Waals surface area contributed by atoms with Gasteiger partial charge in [0.25, 0.3) is 0 Å². The SMILES string of the molecule is COc1ccc(C2(N)NC(Nc3ccn[nH]3)=Cc3ccccc32)cc1OC. The number of fused-ring (bicyclic) bond motifs is 1. The lowest BCUT2D eigenvalue weighted by atomic mass is 9.86. The first-order chi connectivity index (χ1) is 13.1. The molecular formula is C20H21N5O2. The summed E-state index contributed by atoms with van der Waals surface area (Å²) in [5.74, 6) is 2.80. The van der Waals surface area contributed by atoms with Crippen LogP contribution in [0, 0.1) is 0 Å². The second-order valence-corrected chi connectivity index (χ2v) is 6.24. The molecule has 0 fully saturated rings. The van der Waals surface area contributed by atoms with Gasteiger partial charge >= 0.3 is 0 Å². The molecule has 2 aromatic carbocycles. The van der Waals surface area contributed by atoms with Crippen molar-refractivity contribution in [2.75, 3.05) is 19.5 Å². The van der Waals surface area contributed by atoms with Gasteiger partial charge in [-0.15, -0.1) is 0 Å². The van der Waals surface area contributed by atoms with E-state index in [1.807, 2.05) is 54.6 Å². The molecule has 0 spiro atoms. The van der Waals surface area contributed by atoms with Gasteiger partial charge in [0.1, 0.15) is 17.3 Å². The molecule has 1 aliphatic rings. The summed E-state index contributed by atoms with van der Waals surface area (Å²) in [4.78, 5) is 0.